The minimum atomic E-state index is -3.66. The van der Waals surface area contributed by atoms with Gasteiger partial charge in [-0.3, -0.25) is 4.72 Å². The van der Waals surface area contributed by atoms with E-state index in [1.165, 1.54) is 0 Å². The lowest BCUT2D eigenvalue weighted by Gasteiger charge is -2.11. The molecule has 2 rings (SSSR count). The van der Waals surface area contributed by atoms with Gasteiger partial charge in [0.2, 0.25) is 10.0 Å². The molecule has 0 heterocycles. The molecule has 3 nitrogen and oxygen atoms in total. The second-order valence-corrected chi connectivity index (χ2v) is 6.99. The van der Waals surface area contributed by atoms with Gasteiger partial charge in [-0.15, -0.1) is 0 Å². The molecular formula is C13H10Cl3NO2S. The molecule has 0 radical (unpaired) electrons. The highest BCUT2D eigenvalue weighted by Crippen LogP contribution is 2.28. The minimum absolute atomic E-state index is 0.307. The normalized spacial score (nSPS) is 11.3. The maximum Gasteiger partial charge on any atom is 0.237 e. The Bertz CT molecular complexity index is 712. The van der Waals surface area contributed by atoms with Gasteiger partial charge in [-0.25, -0.2) is 8.42 Å². The molecule has 0 spiro atoms. The molecule has 0 aromatic heterocycles. The molecule has 7 heteroatoms. The van der Waals surface area contributed by atoms with Crippen LogP contribution in [-0.2, 0) is 15.8 Å². The van der Waals surface area contributed by atoms with Crippen molar-refractivity contribution in [1.82, 2.24) is 0 Å². The summed E-state index contributed by atoms with van der Waals surface area (Å²) in [5.41, 5.74) is 0.674. The van der Waals surface area contributed by atoms with Crippen LogP contribution < -0.4 is 4.72 Å². The van der Waals surface area contributed by atoms with E-state index in [0.717, 1.165) is 0 Å². The van der Waals surface area contributed by atoms with E-state index in [-0.39, 0.29) is 5.75 Å². The van der Waals surface area contributed by atoms with Crippen LogP contribution in [0.1, 0.15) is 5.56 Å². The van der Waals surface area contributed by atoms with Crippen molar-refractivity contribution in [3.8, 4) is 0 Å². The number of sulfonamides is 1. The van der Waals surface area contributed by atoms with Gasteiger partial charge in [-0.2, -0.15) is 0 Å². The molecule has 0 aliphatic rings. The SMILES string of the molecule is O=S(=O)(Cc1c(Cl)cccc1Cl)Nc1ccccc1Cl. The molecule has 0 amide bonds. The zero-order valence-corrected chi connectivity index (χ0v) is 13.2. The van der Waals surface area contributed by atoms with Gasteiger partial charge in [0, 0.05) is 15.6 Å². The van der Waals surface area contributed by atoms with Crippen molar-refractivity contribution in [2.24, 2.45) is 0 Å². The van der Waals surface area contributed by atoms with Gasteiger partial charge in [0.1, 0.15) is 0 Å². The highest BCUT2D eigenvalue weighted by atomic mass is 35.5. The van der Waals surface area contributed by atoms with Crippen molar-refractivity contribution in [2.75, 3.05) is 4.72 Å². The van der Waals surface area contributed by atoms with Crippen LogP contribution in [0, 0.1) is 0 Å². The summed E-state index contributed by atoms with van der Waals surface area (Å²) in [7, 11) is -3.66. The van der Waals surface area contributed by atoms with Crippen molar-refractivity contribution >= 4 is 50.5 Å². The number of para-hydroxylation sites is 1. The van der Waals surface area contributed by atoms with Gasteiger partial charge >= 0.3 is 0 Å². The first-order valence-electron chi connectivity index (χ1n) is 5.57. The fraction of sp³-hybridized carbons (Fsp3) is 0.0769. The molecule has 1 N–H and O–H groups in total. The maximum atomic E-state index is 12.1. The lowest BCUT2D eigenvalue weighted by atomic mass is 10.2. The van der Waals surface area contributed by atoms with Gasteiger partial charge in [0.15, 0.2) is 0 Å². The third-order valence-electron chi connectivity index (χ3n) is 2.54. The Morgan fingerprint density at radius 3 is 2.00 bits per heavy atom. The molecule has 0 unspecified atom stereocenters. The Morgan fingerprint density at radius 2 is 1.40 bits per heavy atom. The number of halogens is 3. The fourth-order valence-electron chi connectivity index (χ4n) is 1.61. The van der Waals surface area contributed by atoms with Gasteiger partial charge < -0.3 is 0 Å². The maximum absolute atomic E-state index is 12.1. The molecular weight excluding hydrogens is 341 g/mol. The molecule has 0 aliphatic carbocycles. The van der Waals surface area contributed by atoms with E-state index in [1.54, 1.807) is 42.5 Å². The minimum Gasteiger partial charge on any atom is -0.282 e. The van der Waals surface area contributed by atoms with Crippen molar-refractivity contribution in [1.29, 1.82) is 0 Å². The third-order valence-corrected chi connectivity index (χ3v) is 4.77. The van der Waals surface area contributed by atoms with Crippen LogP contribution in [0.5, 0.6) is 0 Å². The molecule has 0 saturated heterocycles. The fourth-order valence-corrected chi connectivity index (χ4v) is 3.81. The standard InChI is InChI=1S/C13H10Cl3NO2S/c14-10-5-3-6-11(15)9(10)8-20(18,19)17-13-7-2-1-4-12(13)16/h1-7,17H,8H2. The smallest absolute Gasteiger partial charge is 0.237 e. The Labute approximate surface area is 132 Å². The number of hydrogen-bond donors (Lipinski definition) is 1. The summed E-state index contributed by atoms with van der Waals surface area (Å²) in [6.45, 7) is 0. The van der Waals surface area contributed by atoms with E-state index in [2.05, 4.69) is 4.72 Å². The second kappa shape index (κ2) is 6.22. The van der Waals surface area contributed by atoms with E-state index in [4.69, 9.17) is 34.8 Å². The van der Waals surface area contributed by atoms with Gasteiger partial charge in [0.05, 0.1) is 16.5 Å². The van der Waals surface area contributed by atoms with Crippen molar-refractivity contribution in [2.45, 2.75) is 5.75 Å². The average Bonchev–Trinajstić information content (AvgIpc) is 2.37. The number of anilines is 1. The number of rotatable bonds is 4. The summed E-state index contributed by atoms with van der Waals surface area (Å²) in [5, 5.41) is 0.936. The highest BCUT2D eigenvalue weighted by molar-refractivity contribution is 7.91. The zero-order chi connectivity index (χ0) is 14.8. The Kier molecular flexibility index (Phi) is 4.81. The van der Waals surface area contributed by atoms with Gasteiger partial charge in [0.25, 0.3) is 0 Å². The summed E-state index contributed by atoms with van der Waals surface area (Å²) in [6, 6.07) is 11.4. The van der Waals surface area contributed by atoms with E-state index >= 15 is 0 Å². The summed E-state index contributed by atoms with van der Waals surface area (Å²) >= 11 is 17.9. The number of nitrogens with one attached hydrogen (secondary N) is 1. The monoisotopic (exact) mass is 349 g/mol. The van der Waals surface area contributed by atoms with Crippen LogP contribution in [0.15, 0.2) is 42.5 Å². The van der Waals surface area contributed by atoms with Gasteiger partial charge in [-0.1, -0.05) is 53.0 Å². The van der Waals surface area contributed by atoms with Crippen molar-refractivity contribution in [3.05, 3.63) is 63.1 Å². The lowest BCUT2D eigenvalue weighted by Crippen LogP contribution is -2.15. The Morgan fingerprint density at radius 1 is 0.850 bits per heavy atom. The van der Waals surface area contributed by atoms with Crippen molar-refractivity contribution < 1.29 is 8.42 Å². The van der Waals surface area contributed by atoms with Crippen LogP contribution in [0.2, 0.25) is 15.1 Å². The van der Waals surface area contributed by atoms with E-state index in [0.29, 0.717) is 26.3 Å². The molecule has 0 aliphatic heterocycles. The molecule has 20 heavy (non-hydrogen) atoms. The van der Waals surface area contributed by atoms with Crippen LogP contribution in [0.3, 0.4) is 0 Å². The first kappa shape index (κ1) is 15.4. The molecule has 2 aromatic carbocycles. The Hall–Kier alpha value is -0.940. The average molecular weight is 351 g/mol. The molecule has 106 valence electrons. The van der Waals surface area contributed by atoms with Crippen LogP contribution >= 0.6 is 34.8 Å². The first-order chi connectivity index (χ1) is 9.39. The van der Waals surface area contributed by atoms with Gasteiger partial charge in [-0.05, 0) is 24.3 Å². The van der Waals surface area contributed by atoms with Crippen molar-refractivity contribution in [3.63, 3.8) is 0 Å². The Balaban J connectivity index is 2.27. The highest BCUT2D eigenvalue weighted by Gasteiger charge is 2.17. The third kappa shape index (κ3) is 3.79. The van der Waals surface area contributed by atoms with Crippen LogP contribution in [0.25, 0.3) is 0 Å². The number of benzene rings is 2. The zero-order valence-electron chi connectivity index (χ0n) is 10.1. The summed E-state index contributed by atoms with van der Waals surface area (Å²) in [6.07, 6.45) is 0. The predicted molar refractivity (Wildman–Crippen MR) is 84.2 cm³/mol. The molecule has 0 bridgehead atoms. The van der Waals surface area contributed by atoms with Crippen LogP contribution in [0.4, 0.5) is 5.69 Å². The van der Waals surface area contributed by atoms with Crippen LogP contribution in [-0.4, -0.2) is 8.42 Å². The lowest BCUT2D eigenvalue weighted by molar-refractivity contribution is 0.600. The quantitative estimate of drug-likeness (QED) is 0.876. The summed E-state index contributed by atoms with van der Waals surface area (Å²) in [5.74, 6) is -0.323. The summed E-state index contributed by atoms with van der Waals surface area (Å²) < 4.78 is 26.7. The molecule has 2 aromatic rings. The molecule has 0 atom stereocenters. The first-order valence-corrected chi connectivity index (χ1v) is 8.35. The second-order valence-electron chi connectivity index (χ2n) is 4.04. The summed E-state index contributed by atoms with van der Waals surface area (Å²) in [4.78, 5) is 0. The largest absolute Gasteiger partial charge is 0.282 e. The molecule has 0 saturated carbocycles. The number of hydrogen-bond acceptors (Lipinski definition) is 2. The molecule has 0 fully saturated rings. The van der Waals surface area contributed by atoms with E-state index < -0.39 is 10.0 Å². The topological polar surface area (TPSA) is 46.2 Å². The predicted octanol–water partition coefficient (Wildman–Crippen LogP) is 4.59. The van der Waals surface area contributed by atoms with E-state index in [9.17, 15) is 8.42 Å². The van der Waals surface area contributed by atoms with E-state index in [1.807, 2.05) is 0 Å².